The zero-order valence-electron chi connectivity index (χ0n) is 30.6. The molecule has 8 rings (SSSR count). The molecule has 0 heterocycles. The van der Waals surface area contributed by atoms with Gasteiger partial charge in [-0.05, 0) is 74.1 Å². The summed E-state index contributed by atoms with van der Waals surface area (Å²) >= 11 is 0. The number of rotatable bonds is 12. The maximum absolute atomic E-state index is 2.29. The van der Waals surface area contributed by atoms with Crippen LogP contribution in [0.25, 0.3) is 0 Å². The van der Waals surface area contributed by atoms with E-state index in [4.69, 9.17) is 0 Å². The van der Waals surface area contributed by atoms with E-state index in [1.165, 1.54) is 54.2 Å². The summed E-state index contributed by atoms with van der Waals surface area (Å²) < 4.78 is 0. The van der Waals surface area contributed by atoms with Gasteiger partial charge < -0.3 is 0 Å². The van der Waals surface area contributed by atoms with Gasteiger partial charge in [0.2, 0.25) is 0 Å². The Balaban J connectivity index is 0.000000184. The quantitative estimate of drug-likeness (QED) is 0.0850. The molecule has 0 N–H and O–H groups in total. The minimum absolute atomic E-state index is 0. The van der Waals surface area contributed by atoms with Crippen molar-refractivity contribution in [1.82, 2.24) is 0 Å². The molecular formula is C50H44CuP4+. The fraction of sp³-hybridized carbons (Fsp3) is 0.0400. The van der Waals surface area contributed by atoms with Gasteiger partial charge in [-0.25, -0.2) is 0 Å². The smallest absolute Gasteiger partial charge is 0.0622 e. The van der Waals surface area contributed by atoms with Crippen LogP contribution >= 0.6 is 31.7 Å². The maximum Gasteiger partial charge on any atom is 1.00 e. The first kappa shape index (κ1) is 40.7. The molecule has 0 amide bonds. The third-order valence-electron chi connectivity index (χ3n) is 9.11. The van der Waals surface area contributed by atoms with Crippen molar-refractivity contribution in [3.63, 3.8) is 0 Å². The predicted octanol–water partition coefficient (Wildman–Crippen LogP) is 10.4. The van der Waals surface area contributed by atoms with Gasteiger partial charge in [-0.3, -0.25) is 0 Å². The fourth-order valence-electron chi connectivity index (χ4n) is 6.40. The second-order valence-electron chi connectivity index (χ2n) is 12.7. The van der Waals surface area contributed by atoms with Crippen LogP contribution in [0.15, 0.2) is 243 Å². The van der Waals surface area contributed by atoms with E-state index in [9.17, 15) is 0 Å². The Hall–Kier alpha value is -4.00. The summed E-state index contributed by atoms with van der Waals surface area (Å²) in [6, 6.07) is 88.3. The summed E-state index contributed by atoms with van der Waals surface area (Å²) in [5, 5.41) is 11.7. The van der Waals surface area contributed by atoms with Crippen LogP contribution in [0.4, 0.5) is 0 Å². The van der Waals surface area contributed by atoms with Crippen molar-refractivity contribution >= 4 is 74.1 Å². The summed E-state index contributed by atoms with van der Waals surface area (Å²) in [7, 11) is -1.63. The molecule has 0 aromatic heterocycles. The van der Waals surface area contributed by atoms with Gasteiger partial charge in [0.1, 0.15) is 0 Å². The molecule has 0 nitrogen and oxygen atoms in total. The summed E-state index contributed by atoms with van der Waals surface area (Å²) in [5.41, 5.74) is 0. The largest absolute Gasteiger partial charge is 1.00 e. The van der Waals surface area contributed by atoms with E-state index < -0.39 is 31.7 Å². The first-order valence-electron chi connectivity index (χ1n) is 18.3. The van der Waals surface area contributed by atoms with Crippen LogP contribution in [0, 0.1) is 0 Å². The maximum atomic E-state index is 2.29. The van der Waals surface area contributed by atoms with Crippen LogP contribution in [-0.2, 0) is 17.1 Å². The second kappa shape index (κ2) is 21.9. The molecule has 0 unspecified atom stereocenters. The molecule has 0 saturated carbocycles. The summed E-state index contributed by atoms with van der Waals surface area (Å²) in [4.78, 5) is 0. The van der Waals surface area contributed by atoms with E-state index >= 15 is 0 Å². The van der Waals surface area contributed by atoms with Crippen molar-refractivity contribution in [2.24, 2.45) is 0 Å². The summed E-state index contributed by atoms with van der Waals surface area (Å²) in [6.07, 6.45) is 0. The molecule has 0 aliphatic carbocycles. The van der Waals surface area contributed by atoms with Crippen molar-refractivity contribution in [2.45, 2.75) is 0 Å². The topological polar surface area (TPSA) is 0 Å². The van der Waals surface area contributed by atoms with Crippen LogP contribution in [0.5, 0.6) is 0 Å². The van der Waals surface area contributed by atoms with E-state index in [-0.39, 0.29) is 17.1 Å². The van der Waals surface area contributed by atoms with Crippen LogP contribution in [0.3, 0.4) is 0 Å². The fourth-order valence-corrected chi connectivity index (χ4v) is 19.3. The molecule has 55 heavy (non-hydrogen) atoms. The summed E-state index contributed by atoms with van der Waals surface area (Å²) in [6.45, 7) is 0. The molecule has 8 aromatic rings. The molecule has 0 fully saturated rings. The molecule has 0 bridgehead atoms. The molecule has 0 saturated heterocycles. The second-order valence-corrected chi connectivity index (χ2v) is 22.5. The minimum Gasteiger partial charge on any atom is -0.0622 e. The zero-order chi connectivity index (χ0) is 36.6. The molecule has 0 spiro atoms. The molecule has 8 aromatic carbocycles. The van der Waals surface area contributed by atoms with E-state index in [0.29, 0.717) is 0 Å². The number of hydrogen-bond donors (Lipinski definition) is 0. The van der Waals surface area contributed by atoms with Crippen molar-refractivity contribution < 1.29 is 17.1 Å². The Morgan fingerprint density at radius 3 is 0.400 bits per heavy atom. The van der Waals surface area contributed by atoms with E-state index in [1.54, 1.807) is 0 Å². The Bertz CT molecular complexity index is 1730. The van der Waals surface area contributed by atoms with Crippen LogP contribution < -0.4 is 42.4 Å². The average Bonchev–Trinajstić information content (AvgIpc) is 3.27. The predicted molar refractivity (Wildman–Crippen MR) is 246 cm³/mol. The summed E-state index contributed by atoms with van der Waals surface area (Å²) in [5.74, 6) is 2.35. The SMILES string of the molecule is [Cu+].c1ccc(P(CP(c2ccccc2)c2ccccc2)c2ccccc2)cc1.c1ccc(P(CP(c2ccccc2)c2ccccc2)c2ccccc2)cc1. The van der Waals surface area contributed by atoms with Crippen molar-refractivity contribution in [1.29, 1.82) is 0 Å². The van der Waals surface area contributed by atoms with E-state index in [1.807, 2.05) is 0 Å². The van der Waals surface area contributed by atoms with Gasteiger partial charge in [-0.2, -0.15) is 0 Å². The number of hydrogen-bond acceptors (Lipinski definition) is 0. The number of benzene rings is 8. The standard InChI is InChI=1S/2C25H22P2.Cu/c2*1-5-13-22(14-6-1)26(23-15-7-2-8-16-23)21-27(24-17-9-3-10-18-24)25-19-11-4-12-20-25;/h2*1-20H,21H2;/q;;+1. The van der Waals surface area contributed by atoms with Crippen LogP contribution in [0.1, 0.15) is 0 Å². The van der Waals surface area contributed by atoms with Gasteiger partial charge >= 0.3 is 17.1 Å². The van der Waals surface area contributed by atoms with Crippen LogP contribution in [-0.4, -0.2) is 11.8 Å². The first-order chi connectivity index (χ1) is 26.8. The Labute approximate surface area is 343 Å². The molecule has 5 heteroatoms. The monoisotopic (exact) mass is 831 g/mol. The zero-order valence-corrected chi connectivity index (χ0v) is 35.1. The molecule has 0 aliphatic rings. The normalized spacial score (nSPS) is 10.8. The van der Waals surface area contributed by atoms with E-state index in [0.717, 1.165) is 0 Å². The van der Waals surface area contributed by atoms with E-state index in [2.05, 4.69) is 243 Å². The van der Waals surface area contributed by atoms with Crippen LogP contribution in [0.2, 0.25) is 0 Å². The van der Waals surface area contributed by atoms with Gasteiger partial charge in [-0.15, -0.1) is 0 Å². The molecule has 0 aliphatic heterocycles. The van der Waals surface area contributed by atoms with Crippen molar-refractivity contribution in [3.05, 3.63) is 243 Å². The molecule has 0 radical (unpaired) electrons. The molecular weight excluding hydrogens is 788 g/mol. The Morgan fingerprint density at radius 2 is 0.291 bits per heavy atom. The van der Waals surface area contributed by atoms with Crippen molar-refractivity contribution in [2.75, 3.05) is 11.8 Å². The van der Waals surface area contributed by atoms with Crippen molar-refractivity contribution in [3.8, 4) is 0 Å². The first-order valence-corrected chi connectivity index (χ1v) is 24.4. The third-order valence-corrected chi connectivity index (χ3v) is 21.0. The molecule has 274 valence electrons. The van der Waals surface area contributed by atoms with Gasteiger partial charge in [0, 0.05) is 11.8 Å². The Morgan fingerprint density at radius 1 is 0.182 bits per heavy atom. The Kier molecular flexibility index (Phi) is 16.2. The van der Waals surface area contributed by atoms with Gasteiger partial charge in [0.05, 0.1) is 0 Å². The minimum atomic E-state index is -0.409. The van der Waals surface area contributed by atoms with Gasteiger partial charge in [-0.1, -0.05) is 243 Å². The average molecular weight is 832 g/mol. The third kappa shape index (κ3) is 11.5. The molecule has 0 atom stereocenters. The van der Waals surface area contributed by atoms with Gasteiger partial charge in [0.25, 0.3) is 0 Å². The van der Waals surface area contributed by atoms with Gasteiger partial charge in [0.15, 0.2) is 0 Å².